The average molecular weight is 491 g/mol. The minimum atomic E-state index is -4.57. The standard InChI is InChI=1S/C27H48O4S.Na/c1-5-7-9-11-13-15-17-20-24-21-19-23-26(31-27(3,4)32(28,29)30)25(24)22-18-16-14-12-10-8-6-2;/h19,21,23H,5-18,20,22H2,1-4H3,(H,28,29,30);/q;+1/p-1. The van der Waals surface area contributed by atoms with Gasteiger partial charge in [-0.15, -0.1) is 0 Å². The van der Waals surface area contributed by atoms with Crippen molar-refractivity contribution in [1.29, 1.82) is 0 Å². The molecule has 0 heterocycles. The zero-order valence-corrected chi connectivity index (χ0v) is 24.9. The molecule has 4 nitrogen and oxygen atoms in total. The summed E-state index contributed by atoms with van der Waals surface area (Å²) in [5.41, 5.74) is 2.32. The number of benzene rings is 1. The van der Waals surface area contributed by atoms with Crippen LogP contribution in [0.5, 0.6) is 5.75 Å². The van der Waals surface area contributed by atoms with E-state index >= 15 is 0 Å². The van der Waals surface area contributed by atoms with E-state index in [1.165, 1.54) is 90.0 Å². The van der Waals surface area contributed by atoms with Crippen LogP contribution in [0.15, 0.2) is 18.2 Å². The molecule has 0 N–H and O–H groups in total. The molecule has 0 aromatic heterocycles. The Hall–Kier alpha value is -0.0700. The van der Waals surface area contributed by atoms with Gasteiger partial charge in [0.05, 0.1) is 0 Å². The first-order valence-electron chi connectivity index (χ1n) is 13.0. The molecular formula is C27H47NaO4S. The zero-order chi connectivity index (χ0) is 23.9. The fourth-order valence-electron chi connectivity index (χ4n) is 4.07. The molecule has 0 unspecified atom stereocenters. The van der Waals surface area contributed by atoms with E-state index in [0.29, 0.717) is 5.75 Å². The Kier molecular flexibility index (Phi) is 18.2. The van der Waals surface area contributed by atoms with Crippen LogP contribution in [0.3, 0.4) is 0 Å². The molecule has 1 aromatic carbocycles. The fraction of sp³-hybridized carbons (Fsp3) is 0.778. The van der Waals surface area contributed by atoms with Crippen molar-refractivity contribution in [3.63, 3.8) is 0 Å². The molecule has 0 fully saturated rings. The summed E-state index contributed by atoms with van der Waals surface area (Å²) in [7, 11) is -4.57. The second-order valence-corrected chi connectivity index (χ2v) is 11.5. The quantitative estimate of drug-likeness (QED) is 0.157. The predicted molar refractivity (Wildman–Crippen MR) is 134 cm³/mol. The van der Waals surface area contributed by atoms with Crippen LogP contribution in [0.1, 0.15) is 129 Å². The van der Waals surface area contributed by atoms with Gasteiger partial charge in [-0.1, -0.05) is 103 Å². The number of hydrogen-bond acceptors (Lipinski definition) is 4. The van der Waals surface area contributed by atoms with E-state index < -0.39 is 15.1 Å². The maximum Gasteiger partial charge on any atom is 1.00 e. The van der Waals surface area contributed by atoms with Crippen LogP contribution in [-0.2, 0) is 23.0 Å². The van der Waals surface area contributed by atoms with Gasteiger partial charge in [0.2, 0.25) is 0 Å². The van der Waals surface area contributed by atoms with Crippen LogP contribution in [0.25, 0.3) is 0 Å². The Morgan fingerprint density at radius 2 is 1.21 bits per heavy atom. The molecule has 1 aromatic rings. The SMILES string of the molecule is CCCCCCCCCc1cccc(OC(C)(C)S(=O)(=O)[O-])c1CCCCCCCCC.[Na+]. The van der Waals surface area contributed by atoms with Crippen molar-refractivity contribution in [3.05, 3.63) is 29.3 Å². The summed E-state index contributed by atoms with van der Waals surface area (Å²) in [6.07, 6.45) is 19.3. The summed E-state index contributed by atoms with van der Waals surface area (Å²) < 4.78 is 40.9. The van der Waals surface area contributed by atoms with Crippen LogP contribution in [0.2, 0.25) is 0 Å². The number of rotatable bonds is 19. The van der Waals surface area contributed by atoms with E-state index in [4.69, 9.17) is 4.74 Å². The van der Waals surface area contributed by atoms with Gasteiger partial charge in [0.15, 0.2) is 4.93 Å². The van der Waals surface area contributed by atoms with E-state index in [1.54, 1.807) is 0 Å². The summed E-state index contributed by atoms with van der Waals surface area (Å²) in [5, 5.41) is 0. The van der Waals surface area contributed by atoms with Crippen LogP contribution < -0.4 is 34.3 Å². The van der Waals surface area contributed by atoms with E-state index in [1.807, 2.05) is 12.1 Å². The van der Waals surface area contributed by atoms with Crippen molar-refractivity contribution in [3.8, 4) is 5.75 Å². The second-order valence-electron chi connectivity index (χ2n) is 9.59. The molecule has 6 heteroatoms. The Labute approximate surface area is 226 Å². The van der Waals surface area contributed by atoms with Crippen molar-refractivity contribution in [2.75, 3.05) is 0 Å². The molecular weight excluding hydrogens is 443 g/mol. The van der Waals surface area contributed by atoms with E-state index in [9.17, 15) is 13.0 Å². The van der Waals surface area contributed by atoms with Gasteiger partial charge < -0.3 is 9.29 Å². The van der Waals surface area contributed by atoms with Crippen LogP contribution in [0.4, 0.5) is 0 Å². The average Bonchev–Trinajstić information content (AvgIpc) is 2.72. The molecule has 0 radical (unpaired) electrons. The molecule has 0 spiro atoms. The molecule has 0 atom stereocenters. The first-order valence-corrected chi connectivity index (χ1v) is 14.4. The van der Waals surface area contributed by atoms with Gasteiger partial charge in [-0.25, -0.2) is 8.42 Å². The number of aryl methyl sites for hydroxylation is 1. The maximum atomic E-state index is 11.7. The summed E-state index contributed by atoms with van der Waals surface area (Å²) in [4.78, 5) is -1.78. The fourth-order valence-corrected chi connectivity index (χ4v) is 4.26. The minimum absolute atomic E-state index is 0. The third kappa shape index (κ3) is 13.6. The molecule has 0 amide bonds. The van der Waals surface area contributed by atoms with Crippen molar-refractivity contribution in [2.45, 2.75) is 135 Å². The van der Waals surface area contributed by atoms with E-state index in [2.05, 4.69) is 19.9 Å². The number of hydrogen-bond donors (Lipinski definition) is 0. The molecule has 0 aliphatic carbocycles. The Balaban J connectivity index is 0.0000102. The number of unbranched alkanes of at least 4 members (excludes halogenated alkanes) is 12. The molecule has 0 saturated carbocycles. The third-order valence-electron chi connectivity index (χ3n) is 6.27. The molecule has 0 bridgehead atoms. The largest absolute Gasteiger partial charge is 1.00 e. The van der Waals surface area contributed by atoms with Crippen molar-refractivity contribution in [1.82, 2.24) is 0 Å². The van der Waals surface area contributed by atoms with Gasteiger partial charge in [-0.05, 0) is 56.7 Å². The Bertz CT molecular complexity index is 732. The summed E-state index contributed by atoms with van der Waals surface area (Å²) in [6.45, 7) is 7.15. The van der Waals surface area contributed by atoms with Crippen molar-refractivity contribution >= 4 is 10.1 Å². The topological polar surface area (TPSA) is 66.4 Å². The van der Waals surface area contributed by atoms with Gasteiger partial charge in [-0.2, -0.15) is 0 Å². The number of ether oxygens (including phenoxy) is 1. The van der Waals surface area contributed by atoms with Crippen LogP contribution in [0, 0.1) is 0 Å². The summed E-state index contributed by atoms with van der Waals surface area (Å²) in [6, 6.07) is 5.88. The first-order chi connectivity index (χ1) is 15.2. The predicted octanol–water partition coefficient (Wildman–Crippen LogP) is 4.94. The molecule has 0 aliphatic rings. The smallest absolute Gasteiger partial charge is 0.745 e. The third-order valence-corrected chi connectivity index (χ3v) is 7.56. The van der Waals surface area contributed by atoms with Gasteiger partial charge in [0, 0.05) is 0 Å². The molecule has 1 rings (SSSR count). The zero-order valence-electron chi connectivity index (χ0n) is 22.1. The molecule has 33 heavy (non-hydrogen) atoms. The van der Waals surface area contributed by atoms with E-state index in [0.717, 1.165) is 37.7 Å². The van der Waals surface area contributed by atoms with Crippen LogP contribution in [-0.4, -0.2) is 17.9 Å². The monoisotopic (exact) mass is 490 g/mol. The van der Waals surface area contributed by atoms with Crippen LogP contribution >= 0.6 is 0 Å². The molecule has 0 saturated heterocycles. The second kappa shape index (κ2) is 18.2. The maximum absolute atomic E-state index is 11.7. The van der Waals surface area contributed by atoms with Crippen molar-refractivity contribution in [2.24, 2.45) is 0 Å². The van der Waals surface area contributed by atoms with Gasteiger partial charge in [0.1, 0.15) is 15.9 Å². The normalized spacial score (nSPS) is 11.9. The van der Waals surface area contributed by atoms with Gasteiger partial charge in [0.25, 0.3) is 0 Å². The first kappa shape index (κ1) is 32.9. The van der Waals surface area contributed by atoms with Gasteiger partial charge >= 0.3 is 29.6 Å². The van der Waals surface area contributed by atoms with Gasteiger partial charge in [-0.3, -0.25) is 0 Å². The molecule has 186 valence electrons. The Morgan fingerprint density at radius 1 is 0.758 bits per heavy atom. The Morgan fingerprint density at radius 3 is 1.70 bits per heavy atom. The minimum Gasteiger partial charge on any atom is -0.745 e. The summed E-state index contributed by atoms with van der Waals surface area (Å²) in [5.74, 6) is 0.556. The van der Waals surface area contributed by atoms with Crippen molar-refractivity contribution < 1.29 is 47.3 Å². The summed E-state index contributed by atoms with van der Waals surface area (Å²) >= 11 is 0. The van der Waals surface area contributed by atoms with E-state index in [-0.39, 0.29) is 29.6 Å². The molecule has 0 aliphatic heterocycles.